The Bertz CT molecular complexity index is 69.7. The SMILES string of the molecule is CC.CNCC1COCCN1. The number of ether oxygens (including phenoxy) is 1. The molecular formula is C8H20N2O. The van der Waals surface area contributed by atoms with Crippen LogP contribution < -0.4 is 10.6 Å². The van der Waals surface area contributed by atoms with E-state index in [1.807, 2.05) is 20.9 Å². The average Bonchev–Trinajstić information content (AvgIpc) is 2.11. The van der Waals surface area contributed by atoms with Crippen LogP contribution >= 0.6 is 0 Å². The van der Waals surface area contributed by atoms with Gasteiger partial charge in [-0.1, -0.05) is 13.8 Å². The second-order valence-electron chi connectivity index (χ2n) is 2.28. The molecule has 1 atom stereocenters. The molecule has 1 unspecified atom stereocenters. The molecule has 68 valence electrons. The van der Waals surface area contributed by atoms with Gasteiger partial charge in [-0.05, 0) is 7.05 Å². The highest BCUT2D eigenvalue weighted by Gasteiger charge is 2.10. The van der Waals surface area contributed by atoms with Gasteiger partial charge in [-0.2, -0.15) is 0 Å². The zero-order valence-corrected chi connectivity index (χ0v) is 7.81. The van der Waals surface area contributed by atoms with Gasteiger partial charge in [0, 0.05) is 19.1 Å². The van der Waals surface area contributed by atoms with E-state index >= 15 is 0 Å². The van der Waals surface area contributed by atoms with Gasteiger partial charge in [0.05, 0.1) is 13.2 Å². The van der Waals surface area contributed by atoms with Crippen LogP contribution in [0.15, 0.2) is 0 Å². The van der Waals surface area contributed by atoms with Crippen LogP contribution in [0.3, 0.4) is 0 Å². The van der Waals surface area contributed by atoms with Gasteiger partial charge in [0.2, 0.25) is 0 Å². The first-order chi connectivity index (χ1) is 5.43. The van der Waals surface area contributed by atoms with Gasteiger partial charge >= 0.3 is 0 Å². The van der Waals surface area contributed by atoms with Gasteiger partial charge in [0.15, 0.2) is 0 Å². The molecule has 1 rings (SSSR count). The van der Waals surface area contributed by atoms with Crippen molar-refractivity contribution in [3.05, 3.63) is 0 Å². The van der Waals surface area contributed by atoms with E-state index in [-0.39, 0.29) is 0 Å². The van der Waals surface area contributed by atoms with Crippen molar-refractivity contribution in [3.63, 3.8) is 0 Å². The summed E-state index contributed by atoms with van der Waals surface area (Å²) in [5, 5.41) is 6.43. The topological polar surface area (TPSA) is 33.3 Å². The van der Waals surface area contributed by atoms with Gasteiger partial charge in [-0.3, -0.25) is 0 Å². The molecule has 0 radical (unpaired) electrons. The molecule has 0 aliphatic carbocycles. The van der Waals surface area contributed by atoms with E-state index in [9.17, 15) is 0 Å². The van der Waals surface area contributed by atoms with Crippen molar-refractivity contribution in [3.8, 4) is 0 Å². The molecule has 0 spiro atoms. The number of likely N-dealkylation sites (N-methyl/N-ethyl adjacent to an activating group) is 1. The molecule has 2 N–H and O–H groups in total. The maximum absolute atomic E-state index is 5.23. The number of nitrogens with one attached hydrogen (secondary N) is 2. The lowest BCUT2D eigenvalue weighted by atomic mass is 10.3. The van der Waals surface area contributed by atoms with Crippen molar-refractivity contribution >= 4 is 0 Å². The molecule has 3 nitrogen and oxygen atoms in total. The second kappa shape index (κ2) is 7.98. The highest BCUT2D eigenvalue weighted by Crippen LogP contribution is 1.89. The first-order valence-corrected chi connectivity index (χ1v) is 4.39. The van der Waals surface area contributed by atoms with Crippen molar-refractivity contribution in [2.45, 2.75) is 19.9 Å². The predicted octanol–water partition coefficient (Wildman–Crippen LogP) is 0.220. The van der Waals surface area contributed by atoms with Crippen LogP contribution in [0.5, 0.6) is 0 Å². The third kappa shape index (κ3) is 5.18. The minimum Gasteiger partial charge on any atom is -0.378 e. The van der Waals surface area contributed by atoms with Gasteiger partial charge in [0.25, 0.3) is 0 Å². The van der Waals surface area contributed by atoms with Crippen molar-refractivity contribution in [1.29, 1.82) is 0 Å². The Balaban J connectivity index is 0.000000461. The highest BCUT2D eigenvalue weighted by molar-refractivity contribution is 4.70. The van der Waals surface area contributed by atoms with E-state index in [2.05, 4.69) is 10.6 Å². The van der Waals surface area contributed by atoms with Gasteiger partial charge < -0.3 is 15.4 Å². The van der Waals surface area contributed by atoms with Gasteiger partial charge in [0.1, 0.15) is 0 Å². The highest BCUT2D eigenvalue weighted by atomic mass is 16.5. The predicted molar refractivity (Wildman–Crippen MR) is 47.9 cm³/mol. The van der Waals surface area contributed by atoms with Crippen molar-refractivity contribution in [2.75, 3.05) is 33.4 Å². The minimum atomic E-state index is 0.517. The monoisotopic (exact) mass is 160 g/mol. The van der Waals surface area contributed by atoms with Gasteiger partial charge in [-0.25, -0.2) is 0 Å². The van der Waals surface area contributed by atoms with Crippen LogP contribution in [0.2, 0.25) is 0 Å². The fraction of sp³-hybridized carbons (Fsp3) is 1.00. The maximum Gasteiger partial charge on any atom is 0.0632 e. The Morgan fingerprint density at radius 2 is 2.27 bits per heavy atom. The third-order valence-electron chi connectivity index (χ3n) is 1.45. The van der Waals surface area contributed by atoms with E-state index in [0.29, 0.717) is 6.04 Å². The largest absolute Gasteiger partial charge is 0.378 e. The summed E-state index contributed by atoms with van der Waals surface area (Å²) in [6.07, 6.45) is 0. The fourth-order valence-electron chi connectivity index (χ4n) is 0.997. The van der Waals surface area contributed by atoms with Crippen molar-refractivity contribution in [2.24, 2.45) is 0 Å². The molecule has 0 amide bonds. The lowest BCUT2D eigenvalue weighted by molar-refractivity contribution is 0.0773. The Kier molecular flexibility index (Phi) is 7.89. The third-order valence-corrected chi connectivity index (χ3v) is 1.45. The van der Waals surface area contributed by atoms with E-state index in [1.165, 1.54) is 0 Å². The number of hydrogen-bond donors (Lipinski definition) is 2. The quantitative estimate of drug-likeness (QED) is 0.606. The molecule has 1 saturated heterocycles. The summed E-state index contributed by atoms with van der Waals surface area (Å²) in [5.74, 6) is 0. The van der Waals surface area contributed by atoms with E-state index in [4.69, 9.17) is 4.74 Å². The number of rotatable bonds is 2. The van der Waals surface area contributed by atoms with Crippen molar-refractivity contribution < 1.29 is 4.74 Å². The summed E-state index contributed by atoms with van der Waals surface area (Å²) < 4.78 is 5.23. The smallest absolute Gasteiger partial charge is 0.0632 e. The molecule has 0 bridgehead atoms. The summed E-state index contributed by atoms with van der Waals surface area (Å²) in [6, 6.07) is 0.517. The fourth-order valence-corrected chi connectivity index (χ4v) is 0.997. The normalized spacial score (nSPS) is 23.7. The maximum atomic E-state index is 5.23. The standard InChI is InChI=1S/C6H14N2O.C2H6/c1-7-4-6-5-9-3-2-8-6;1-2/h6-8H,2-5H2,1H3;1-2H3. The zero-order valence-electron chi connectivity index (χ0n) is 7.81. The second-order valence-corrected chi connectivity index (χ2v) is 2.28. The number of morpholine rings is 1. The molecule has 0 saturated carbocycles. The summed E-state index contributed by atoms with van der Waals surface area (Å²) in [4.78, 5) is 0. The molecule has 1 fully saturated rings. The van der Waals surface area contributed by atoms with Gasteiger partial charge in [-0.15, -0.1) is 0 Å². The molecule has 1 heterocycles. The van der Waals surface area contributed by atoms with Crippen molar-refractivity contribution in [1.82, 2.24) is 10.6 Å². The minimum absolute atomic E-state index is 0.517. The van der Waals surface area contributed by atoms with Crippen LogP contribution in [0.1, 0.15) is 13.8 Å². The Morgan fingerprint density at radius 3 is 2.73 bits per heavy atom. The van der Waals surface area contributed by atoms with Crippen LogP contribution in [-0.4, -0.2) is 39.4 Å². The summed E-state index contributed by atoms with van der Waals surface area (Å²) in [7, 11) is 1.95. The van der Waals surface area contributed by atoms with Crippen LogP contribution in [-0.2, 0) is 4.74 Å². The van der Waals surface area contributed by atoms with E-state index in [0.717, 1.165) is 26.3 Å². The Morgan fingerprint density at radius 1 is 1.55 bits per heavy atom. The summed E-state index contributed by atoms with van der Waals surface area (Å²) in [6.45, 7) is 7.70. The Hall–Kier alpha value is -0.120. The zero-order chi connectivity index (χ0) is 8.53. The molecule has 1 aliphatic heterocycles. The first-order valence-electron chi connectivity index (χ1n) is 4.39. The summed E-state index contributed by atoms with van der Waals surface area (Å²) in [5.41, 5.74) is 0. The molecule has 0 aromatic carbocycles. The molecule has 1 aliphatic rings. The Labute approximate surface area is 69.5 Å². The lowest BCUT2D eigenvalue weighted by Gasteiger charge is -2.23. The van der Waals surface area contributed by atoms with Crippen LogP contribution in [0.4, 0.5) is 0 Å². The average molecular weight is 160 g/mol. The molecule has 0 aromatic heterocycles. The number of hydrogen-bond acceptors (Lipinski definition) is 3. The van der Waals surface area contributed by atoms with E-state index in [1.54, 1.807) is 0 Å². The lowest BCUT2D eigenvalue weighted by Crippen LogP contribution is -2.46. The molecular weight excluding hydrogens is 140 g/mol. The van der Waals surface area contributed by atoms with E-state index < -0.39 is 0 Å². The molecule has 3 heteroatoms. The summed E-state index contributed by atoms with van der Waals surface area (Å²) >= 11 is 0. The van der Waals surface area contributed by atoms with Crippen LogP contribution in [0, 0.1) is 0 Å². The molecule has 11 heavy (non-hydrogen) atoms. The molecule has 0 aromatic rings. The van der Waals surface area contributed by atoms with Crippen LogP contribution in [0.25, 0.3) is 0 Å². The first kappa shape index (κ1) is 10.9.